The van der Waals surface area contributed by atoms with Gasteiger partial charge in [0.2, 0.25) is 11.8 Å². The highest BCUT2D eigenvalue weighted by Gasteiger charge is 2.07. The van der Waals surface area contributed by atoms with Gasteiger partial charge in [-0.1, -0.05) is 31.1 Å². The van der Waals surface area contributed by atoms with Crippen molar-refractivity contribution in [2.24, 2.45) is 0 Å². The molecule has 0 atom stereocenters. The molecule has 1 aromatic heterocycles. The van der Waals surface area contributed by atoms with Crippen LogP contribution in [0.3, 0.4) is 0 Å². The number of benzene rings is 1. The van der Waals surface area contributed by atoms with E-state index in [9.17, 15) is 4.79 Å². The van der Waals surface area contributed by atoms with Crippen molar-refractivity contribution in [1.82, 2.24) is 10.1 Å². The molecule has 0 aliphatic carbocycles. The molecule has 2 rings (SSSR count). The van der Waals surface area contributed by atoms with Gasteiger partial charge in [-0.25, -0.2) is 0 Å². The van der Waals surface area contributed by atoms with Crippen LogP contribution in [0.15, 0.2) is 28.8 Å². The predicted octanol–water partition coefficient (Wildman–Crippen LogP) is 3.46. The number of nitrogens with one attached hydrogen (secondary N) is 1. The first kappa shape index (κ1) is 15.2. The maximum Gasteiger partial charge on any atom is 0.226 e. The van der Waals surface area contributed by atoms with Gasteiger partial charge in [0.1, 0.15) is 0 Å². The van der Waals surface area contributed by atoms with Gasteiger partial charge in [0.05, 0.1) is 0 Å². The van der Waals surface area contributed by atoms with Crippen LogP contribution >= 0.6 is 0 Å². The molecule has 0 fully saturated rings. The summed E-state index contributed by atoms with van der Waals surface area (Å²) in [5.41, 5.74) is 2.06. The van der Waals surface area contributed by atoms with Gasteiger partial charge in [0.25, 0.3) is 0 Å². The second kappa shape index (κ2) is 7.02. The van der Waals surface area contributed by atoms with Crippen LogP contribution in [0.2, 0.25) is 0 Å². The van der Waals surface area contributed by atoms with Crippen molar-refractivity contribution in [3.63, 3.8) is 0 Å². The van der Waals surface area contributed by atoms with Crippen molar-refractivity contribution in [3.05, 3.63) is 41.5 Å². The van der Waals surface area contributed by atoms with Crippen molar-refractivity contribution in [1.29, 1.82) is 0 Å². The maximum atomic E-state index is 11.9. The van der Waals surface area contributed by atoms with E-state index >= 15 is 0 Å². The number of hydrogen-bond acceptors (Lipinski definition) is 4. The zero-order valence-electron chi connectivity index (χ0n) is 12.7. The van der Waals surface area contributed by atoms with E-state index in [-0.39, 0.29) is 5.91 Å². The van der Waals surface area contributed by atoms with Gasteiger partial charge < -0.3 is 9.84 Å². The fourth-order valence-electron chi connectivity index (χ4n) is 2.04. The fourth-order valence-corrected chi connectivity index (χ4v) is 2.04. The SMILES string of the molecule is Cc1noc(CCCC(=O)Nc2cccc(C(C)C)c2)n1. The molecule has 0 bridgehead atoms. The molecule has 21 heavy (non-hydrogen) atoms. The average Bonchev–Trinajstić information content (AvgIpc) is 2.84. The van der Waals surface area contributed by atoms with Crippen molar-refractivity contribution in [2.45, 2.75) is 46.0 Å². The molecule has 1 N–H and O–H groups in total. The molecule has 1 amide bonds. The van der Waals surface area contributed by atoms with Gasteiger partial charge in [0, 0.05) is 18.5 Å². The Morgan fingerprint density at radius 1 is 1.38 bits per heavy atom. The predicted molar refractivity (Wildman–Crippen MR) is 81.1 cm³/mol. The van der Waals surface area contributed by atoms with Gasteiger partial charge in [-0.15, -0.1) is 0 Å². The van der Waals surface area contributed by atoms with E-state index in [1.54, 1.807) is 6.92 Å². The summed E-state index contributed by atoms with van der Waals surface area (Å²) in [6.07, 6.45) is 1.75. The van der Waals surface area contributed by atoms with Crippen LogP contribution in [-0.2, 0) is 11.2 Å². The first-order valence-corrected chi connectivity index (χ1v) is 7.23. The molecule has 0 spiro atoms. The Balaban J connectivity index is 1.80. The minimum absolute atomic E-state index is 0.00661. The van der Waals surface area contributed by atoms with Gasteiger partial charge >= 0.3 is 0 Å². The summed E-state index contributed by atoms with van der Waals surface area (Å²) in [6.45, 7) is 6.04. The summed E-state index contributed by atoms with van der Waals surface area (Å²) in [4.78, 5) is 16.0. The standard InChI is InChI=1S/C16H21N3O2/c1-11(2)13-6-4-7-14(10-13)18-15(20)8-5-9-16-17-12(3)19-21-16/h4,6-7,10-11H,5,8-9H2,1-3H3,(H,18,20). The molecular weight excluding hydrogens is 266 g/mol. The number of nitrogens with zero attached hydrogens (tertiary/aromatic N) is 2. The number of amides is 1. The molecule has 5 nitrogen and oxygen atoms in total. The fraction of sp³-hybridized carbons (Fsp3) is 0.438. The topological polar surface area (TPSA) is 68.0 Å². The number of rotatable bonds is 6. The Morgan fingerprint density at radius 3 is 2.86 bits per heavy atom. The Bertz CT molecular complexity index is 605. The van der Waals surface area contributed by atoms with Gasteiger partial charge in [-0.2, -0.15) is 4.98 Å². The minimum atomic E-state index is 0.00661. The molecule has 1 aromatic carbocycles. The second-order valence-electron chi connectivity index (χ2n) is 5.42. The van der Waals surface area contributed by atoms with Crippen LogP contribution < -0.4 is 5.32 Å². The third-order valence-electron chi connectivity index (χ3n) is 3.20. The monoisotopic (exact) mass is 287 g/mol. The van der Waals surface area contributed by atoms with Crippen LogP contribution in [-0.4, -0.2) is 16.0 Å². The zero-order valence-corrected chi connectivity index (χ0v) is 12.7. The number of carbonyl (C=O) groups excluding carboxylic acids is 1. The Labute approximate surface area is 124 Å². The van der Waals surface area contributed by atoms with Crippen molar-refractivity contribution >= 4 is 11.6 Å². The molecule has 5 heteroatoms. The lowest BCUT2D eigenvalue weighted by Crippen LogP contribution is -2.11. The summed E-state index contributed by atoms with van der Waals surface area (Å²) in [5.74, 6) is 1.66. The van der Waals surface area contributed by atoms with Crippen molar-refractivity contribution in [3.8, 4) is 0 Å². The lowest BCUT2D eigenvalue weighted by molar-refractivity contribution is -0.116. The lowest BCUT2D eigenvalue weighted by atomic mass is 10.0. The number of anilines is 1. The van der Waals surface area contributed by atoms with E-state index < -0.39 is 0 Å². The number of aromatic nitrogens is 2. The zero-order chi connectivity index (χ0) is 15.2. The van der Waals surface area contributed by atoms with E-state index in [4.69, 9.17) is 4.52 Å². The molecule has 0 radical (unpaired) electrons. The molecule has 0 unspecified atom stereocenters. The highest BCUT2D eigenvalue weighted by molar-refractivity contribution is 5.90. The number of carbonyl (C=O) groups is 1. The Kier molecular flexibility index (Phi) is 5.09. The first-order valence-electron chi connectivity index (χ1n) is 7.23. The van der Waals surface area contributed by atoms with Crippen molar-refractivity contribution in [2.75, 3.05) is 5.32 Å². The van der Waals surface area contributed by atoms with E-state index in [0.717, 1.165) is 5.69 Å². The Morgan fingerprint density at radius 2 is 2.19 bits per heavy atom. The summed E-state index contributed by atoms with van der Waals surface area (Å²) < 4.78 is 5.01. The highest BCUT2D eigenvalue weighted by Crippen LogP contribution is 2.18. The molecular formula is C16H21N3O2. The lowest BCUT2D eigenvalue weighted by Gasteiger charge is -2.09. The average molecular weight is 287 g/mol. The number of hydrogen-bond donors (Lipinski definition) is 1. The van der Waals surface area contributed by atoms with Crippen LogP contribution in [0, 0.1) is 6.92 Å². The van der Waals surface area contributed by atoms with E-state index in [1.165, 1.54) is 5.56 Å². The maximum absolute atomic E-state index is 11.9. The first-order chi connectivity index (χ1) is 10.0. The normalized spacial score (nSPS) is 10.9. The van der Waals surface area contributed by atoms with Crippen LogP contribution in [0.25, 0.3) is 0 Å². The minimum Gasteiger partial charge on any atom is -0.339 e. The molecule has 2 aromatic rings. The number of aryl methyl sites for hydroxylation is 2. The third kappa shape index (κ3) is 4.70. The third-order valence-corrected chi connectivity index (χ3v) is 3.20. The molecule has 0 aliphatic heterocycles. The van der Waals surface area contributed by atoms with E-state index in [2.05, 4.69) is 35.4 Å². The molecule has 112 valence electrons. The molecule has 0 aliphatic rings. The van der Waals surface area contributed by atoms with Gasteiger partial charge in [-0.05, 0) is 37.0 Å². The van der Waals surface area contributed by atoms with E-state index in [1.807, 2.05) is 18.2 Å². The second-order valence-corrected chi connectivity index (χ2v) is 5.42. The Hall–Kier alpha value is -2.17. The van der Waals surface area contributed by atoms with Crippen LogP contribution in [0.5, 0.6) is 0 Å². The highest BCUT2D eigenvalue weighted by atomic mass is 16.5. The summed E-state index contributed by atoms with van der Waals surface area (Å²) in [7, 11) is 0. The summed E-state index contributed by atoms with van der Waals surface area (Å²) in [6, 6.07) is 7.96. The smallest absolute Gasteiger partial charge is 0.226 e. The largest absolute Gasteiger partial charge is 0.339 e. The van der Waals surface area contributed by atoms with Crippen molar-refractivity contribution < 1.29 is 9.32 Å². The van der Waals surface area contributed by atoms with Gasteiger partial charge in [0.15, 0.2) is 5.82 Å². The van der Waals surface area contributed by atoms with Crippen LogP contribution in [0.4, 0.5) is 5.69 Å². The molecule has 1 heterocycles. The van der Waals surface area contributed by atoms with Crippen LogP contribution in [0.1, 0.15) is 49.9 Å². The molecule has 0 saturated heterocycles. The molecule has 0 saturated carbocycles. The van der Waals surface area contributed by atoms with Gasteiger partial charge in [-0.3, -0.25) is 4.79 Å². The summed E-state index contributed by atoms with van der Waals surface area (Å²) >= 11 is 0. The van der Waals surface area contributed by atoms with E-state index in [0.29, 0.717) is 36.9 Å². The quantitative estimate of drug-likeness (QED) is 0.883. The summed E-state index contributed by atoms with van der Waals surface area (Å²) in [5, 5.41) is 6.64.